The van der Waals surface area contributed by atoms with E-state index >= 15 is 0 Å². The van der Waals surface area contributed by atoms with Gasteiger partial charge in [-0.05, 0) is 50.1 Å². The molecule has 0 atom stereocenters. The molecular weight excluding hydrogens is 284 g/mol. The highest BCUT2D eigenvalue weighted by atomic mass is 32.2. The van der Waals surface area contributed by atoms with Crippen LogP contribution in [0, 0.1) is 11.3 Å². The fourth-order valence-corrected chi connectivity index (χ4v) is 3.89. The lowest BCUT2D eigenvalue weighted by molar-refractivity contribution is 0.532. The normalized spacial score (nSPS) is 16.0. The molecule has 1 aliphatic heterocycles. The van der Waals surface area contributed by atoms with Crippen molar-refractivity contribution in [3.63, 3.8) is 0 Å². The Hall–Kier alpha value is -2.32. The third kappa shape index (κ3) is 2.76. The first-order chi connectivity index (χ1) is 9.87. The second kappa shape index (κ2) is 5.58. The fraction of sp³-hybridized carbons (Fsp3) is 0.188. The van der Waals surface area contributed by atoms with E-state index in [9.17, 15) is 13.7 Å². The van der Waals surface area contributed by atoms with Crippen LogP contribution in [0.3, 0.4) is 0 Å². The van der Waals surface area contributed by atoms with Gasteiger partial charge in [-0.15, -0.1) is 0 Å². The van der Waals surface area contributed by atoms with Gasteiger partial charge in [0.05, 0.1) is 4.90 Å². The van der Waals surface area contributed by atoms with Gasteiger partial charge < -0.3 is 0 Å². The molecule has 1 aromatic carbocycles. The van der Waals surface area contributed by atoms with Crippen molar-refractivity contribution in [2.24, 2.45) is 0 Å². The van der Waals surface area contributed by atoms with Crippen molar-refractivity contribution in [3.8, 4) is 6.07 Å². The standard InChI is InChI=1S/C16H16N2O2S/c1-12-9-13(2)16(11-17)18(14(3)10-12)21(19,20)15-7-5-4-6-8-15/h4-10H,1-3H3. The number of rotatable bonds is 2. The van der Waals surface area contributed by atoms with Gasteiger partial charge in [0.15, 0.2) is 0 Å². The molecule has 0 saturated carbocycles. The maximum Gasteiger partial charge on any atom is 0.268 e. The summed E-state index contributed by atoms with van der Waals surface area (Å²) >= 11 is 0. The van der Waals surface area contributed by atoms with E-state index in [0.717, 1.165) is 9.88 Å². The van der Waals surface area contributed by atoms with E-state index < -0.39 is 10.0 Å². The molecule has 0 unspecified atom stereocenters. The molecule has 0 amide bonds. The summed E-state index contributed by atoms with van der Waals surface area (Å²) in [6.45, 7) is 5.30. The SMILES string of the molecule is CC1=CC(C)=C(C#N)N(S(=O)(=O)c2ccccc2)C(C)=C1. The Balaban J connectivity index is 2.70. The smallest absolute Gasteiger partial charge is 0.228 e. The number of sulfonamides is 1. The van der Waals surface area contributed by atoms with Gasteiger partial charge in [0.25, 0.3) is 10.0 Å². The summed E-state index contributed by atoms with van der Waals surface area (Å²) in [4.78, 5) is 0.165. The molecule has 0 spiro atoms. The summed E-state index contributed by atoms with van der Waals surface area (Å²) in [7, 11) is -3.80. The highest BCUT2D eigenvalue weighted by molar-refractivity contribution is 7.89. The van der Waals surface area contributed by atoms with Crippen LogP contribution in [-0.4, -0.2) is 12.7 Å². The first kappa shape index (κ1) is 15.1. The molecule has 0 N–H and O–H groups in total. The van der Waals surface area contributed by atoms with Crippen molar-refractivity contribution in [1.29, 1.82) is 5.26 Å². The van der Waals surface area contributed by atoms with Crippen LogP contribution in [0.2, 0.25) is 0 Å². The van der Waals surface area contributed by atoms with Gasteiger partial charge in [0.2, 0.25) is 0 Å². The number of hydrogen-bond donors (Lipinski definition) is 0. The molecule has 21 heavy (non-hydrogen) atoms. The molecule has 0 aliphatic carbocycles. The minimum atomic E-state index is -3.80. The molecule has 0 aromatic heterocycles. The molecule has 0 radical (unpaired) electrons. The molecule has 5 heteroatoms. The number of nitriles is 1. The number of benzene rings is 1. The van der Waals surface area contributed by atoms with Gasteiger partial charge >= 0.3 is 0 Å². The highest BCUT2D eigenvalue weighted by Crippen LogP contribution is 2.29. The van der Waals surface area contributed by atoms with Gasteiger partial charge in [-0.3, -0.25) is 0 Å². The van der Waals surface area contributed by atoms with Crippen LogP contribution in [0.5, 0.6) is 0 Å². The van der Waals surface area contributed by atoms with E-state index in [0.29, 0.717) is 11.3 Å². The second-order valence-electron chi connectivity index (χ2n) is 4.90. The van der Waals surface area contributed by atoms with Crippen molar-refractivity contribution < 1.29 is 8.42 Å². The third-order valence-corrected chi connectivity index (χ3v) is 4.98. The van der Waals surface area contributed by atoms with E-state index in [-0.39, 0.29) is 10.6 Å². The number of hydrogen-bond acceptors (Lipinski definition) is 3. The average molecular weight is 300 g/mol. The zero-order valence-electron chi connectivity index (χ0n) is 12.2. The minimum absolute atomic E-state index is 0.129. The summed E-state index contributed by atoms with van der Waals surface area (Å²) in [5.74, 6) is 0. The second-order valence-corrected chi connectivity index (χ2v) is 6.69. The summed E-state index contributed by atoms with van der Waals surface area (Å²) in [5.41, 5.74) is 2.16. The zero-order valence-corrected chi connectivity index (χ0v) is 13.0. The van der Waals surface area contributed by atoms with Crippen LogP contribution in [0.25, 0.3) is 0 Å². The van der Waals surface area contributed by atoms with Crippen molar-refractivity contribution in [3.05, 3.63) is 65.0 Å². The molecule has 4 nitrogen and oxygen atoms in total. The third-order valence-electron chi connectivity index (χ3n) is 3.17. The maximum atomic E-state index is 12.8. The molecule has 0 bridgehead atoms. The van der Waals surface area contributed by atoms with E-state index in [1.165, 1.54) is 12.1 Å². The predicted octanol–water partition coefficient (Wildman–Crippen LogP) is 3.34. The quantitative estimate of drug-likeness (QED) is 0.841. The van der Waals surface area contributed by atoms with Crippen molar-refractivity contribution in [2.45, 2.75) is 25.7 Å². The van der Waals surface area contributed by atoms with E-state index in [2.05, 4.69) is 0 Å². The fourth-order valence-electron chi connectivity index (χ4n) is 2.32. The van der Waals surface area contributed by atoms with Crippen LogP contribution in [-0.2, 0) is 10.0 Å². The van der Waals surface area contributed by atoms with Crippen molar-refractivity contribution in [1.82, 2.24) is 4.31 Å². The van der Waals surface area contributed by atoms with Gasteiger partial charge in [-0.1, -0.05) is 24.3 Å². The Kier molecular flexibility index (Phi) is 4.01. The average Bonchev–Trinajstić information content (AvgIpc) is 2.55. The molecular formula is C16H16N2O2S. The van der Waals surface area contributed by atoms with Crippen LogP contribution < -0.4 is 0 Å². The van der Waals surface area contributed by atoms with E-state index in [1.807, 2.05) is 19.1 Å². The van der Waals surface area contributed by atoms with Crippen LogP contribution >= 0.6 is 0 Å². The molecule has 108 valence electrons. The first-order valence-electron chi connectivity index (χ1n) is 6.46. The van der Waals surface area contributed by atoms with Crippen molar-refractivity contribution >= 4 is 10.0 Å². The Morgan fingerprint density at radius 2 is 1.67 bits per heavy atom. The number of nitrogens with zero attached hydrogens (tertiary/aromatic N) is 2. The van der Waals surface area contributed by atoms with Crippen LogP contribution in [0.15, 0.2) is 69.9 Å². The molecule has 1 heterocycles. The molecule has 1 aromatic rings. The van der Waals surface area contributed by atoms with Gasteiger partial charge in [0, 0.05) is 5.70 Å². The lowest BCUT2D eigenvalue weighted by atomic mass is 10.2. The molecule has 0 fully saturated rings. The molecule has 1 aliphatic rings. The Labute approximate surface area is 125 Å². The Morgan fingerprint density at radius 3 is 2.24 bits per heavy atom. The summed E-state index contributed by atoms with van der Waals surface area (Å²) in [5, 5.41) is 9.40. The monoisotopic (exact) mass is 300 g/mol. The highest BCUT2D eigenvalue weighted by Gasteiger charge is 2.30. The van der Waals surface area contributed by atoms with Gasteiger partial charge in [-0.2, -0.15) is 5.26 Å². The summed E-state index contributed by atoms with van der Waals surface area (Å²) in [6.07, 6.45) is 3.57. The number of allylic oxidation sites excluding steroid dienone is 6. The summed E-state index contributed by atoms with van der Waals surface area (Å²) < 4.78 is 26.8. The Bertz CT molecular complexity index is 794. The summed E-state index contributed by atoms with van der Waals surface area (Å²) in [6, 6.07) is 10.1. The maximum absolute atomic E-state index is 12.8. The van der Waals surface area contributed by atoms with Crippen molar-refractivity contribution in [2.75, 3.05) is 0 Å². The predicted molar refractivity (Wildman–Crippen MR) is 81.3 cm³/mol. The topological polar surface area (TPSA) is 61.2 Å². The Morgan fingerprint density at radius 1 is 1.05 bits per heavy atom. The first-order valence-corrected chi connectivity index (χ1v) is 7.90. The van der Waals surface area contributed by atoms with Crippen LogP contribution in [0.1, 0.15) is 20.8 Å². The lowest BCUT2D eigenvalue weighted by Gasteiger charge is -2.24. The lowest BCUT2D eigenvalue weighted by Crippen LogP contribution is -2.28. The van der Waals surface area contributed by atoms with E-state index in [4.69, 9.17) is 0 Å². The molecule has 2 rings (SSSR count). The van der Waals surface area contributed by atoms with Crippen LogP contribution in [0.4, 0.5) is 0 Å². The van der Waals surface area contributed by atoms with Gasteiger partial charge in [-0.25, -0.2) is 12.7 Å². The largest absolute Gasteiger partial charge is 0.268 e. The molecule has 0 saturated heterocycles. The van der Waals surface area contributed by atoms with E-state index in [1.54, 1.807) is 38.1 Å². The minimum Gasteiger partial charge on any atom is -0.228 e. The zero-order chi connectivity index (χ0) is 15.6. The van der Waals surface area contributed by atoms with Gasteiger partial charge in [0.1, 0.15) is 11.8 Å².